The van der Waals surface area contributed by atoms with Crippen LogP contribution in [0.5, 0.6) is 0 Å². The number of hydrogen-bond acceptors (Lipinski definition) is 4. The number of ketones is 2. The Morgan fingerprint density at radius 2 is 0.875 bits per heavy atom. The molecule has 0 bridgehead atoms. The topological polar surface area (TPSA) is 109 Å². The molecule has 0 atom stereocenters. The fraction of sp³-hybridized carbons (Fsp3) is 0. The molecule has 0 aliphatic heterocycles. The van der Waals surface area contributed by atoms with Crippen molar-refractivity contribution in [3.63, 3.8) is 0 Å². The highest BCUT2D eigenvalue weighted by Crippen LogP contribution is 2.26. The normalized spacial score (nSPS) is 12.0. The molecule has 0 saturated carbocycles. The molecule has 6 heteroatoms. The van der Waals surface area contributed by atoms with Crippen molar-refractivity contribution in [2.45, 2.75) is 0 Å². The Labute approximate surface area is 136 Å². The third-order valence-corrected chi connectivity index (χ3v) is 3.20. The summed E-state index contributed by atoms with van der Waals surface area (Å²) in [6.07, 6.45) is 1.12. The van der Waals surface area contributed by atoms with Gasteiger partial charge in [-0.05, 0) is 0 Å². The molecule has 3 rings (SSSR count). The Bertz CT molecular complexity index is 742. The number of benzene rings is 2. The smallest absolute Gasteiger partial charge is 0.328 e. The molecule has 0 amide bonds. The average molecular weight is 324 g/mol. The monoisotopic (exact) mass is 324 g/mol. The Morgan fingerprint density at radius 1 is 0.625 bits per heavy atom. The maximum Gasteiger partial charge on any atom is 0.328 e. The molecule has 0 unspecified atom stereocenters. The molecular weight excluding hydrogens is 312 g/mol. The highest BCUT2D eigenvalue weighted by Gasteiger charge is 2.28. The van der Waals surface area contributed by atoms with Crippen molar-refractivity contribution in [1.82, 2.24) is 0 Å². The van der Waals surface area contributed by atoms with Crippen molar-refractivity contribution < 1.29 is 29.4 Å². The largest absolute Gasteiger partial charge is 0.478 e. The van der Waals surface area contributed by atoms with Crippen molar-refractivity contribution in [3.8, 4) is 0 Å². The molecule has 1 aliphatic carbocycles. The van der Waals surface area contributed by atoms with E-state index in [0.717, 1.165) is 0 Å². The van der Waals surface area contributed by atoms with E-state index in [2.05, 4.69) is 0 Å². The molecule has 0 saturated heterocycles. The van der Waals surface area contributed by atoms with Crippen LogP contribution in [0.3, 0.4) is 0 Å². The summed E-state index contributed by atoms with van der Waals surface area (Å²) in [7, 11) is 0. The lowest BCUT2D eigenvalue weighted by atomic mass is 9.84. The van der Waals surface area contributed by atoms with Crippen LogP contribution < -0.4 is 0 Å². The molecule has 0 heterocycles. The second kappa shape index (κ2) is 7.15. The van der Waals surface area contributed by atoms with E-state index in [1.165, 1.54) is 0 Å². The van der Waals surface area contributed by atoms with E-state index in [1.807, 2.05) is 0 Å². The van der Waals surface area contributed by atoms with Gasteiger partial charge in [-0.15, -0.1) is 0 Å². The van der Waals surface area contributed by atoms with Gasteiger partial charge >= 0.3 is 11.9 Å². The lowest BCUT2D eigenvalue weighted by Gasteiger charge is -2.16. The van der Waals surface area contributed by atoms with Crippen LogP contribution in [-0.4, -0.2) is 33.7 Å². The van der Waals surface area contributed by atoms with Gasteiger partial charge < -0.3 is 10.2 Å². The van der Waals surface area contributed by atoms with Crippen LogP contribution in [0.1, 0.15) is 31.8 Å². The van der Waals surface area contributed by atoms with E-state index in [0.29, 0.717) is 34.4 Å². The molecule has 0 spiro atoms. The second-order valence-corrected chi connectivity index (χ2v) is 4.76. The van der Waals surface area contributed by atoms with Crippen LogP contribution in [0.15, 0.2) is 60.7 Å². The van der Waals surface area contributed by atoms with Crippen molar-refractivity contribution in [1.29, 1.82) is 0 Å². The van der Waals surface area contributed by atoms with Gasteiger partial charge in [0.25, 0.3) is 0 Å². The zero-order valence-corrected chi connectivity index (χ0v) is 12.3. The van der Waals surface area contributed by atoms with Crippen molar-refractivity contribution in [2.75, 3.05) is 0 Å². The molecule has 0 fully saturated rings. The van der Waals surface area contributed by atoms with Crippen LogP contribution >= 0.6 is 0 Å². The van der Waals surface area contributed by atoms with Gasteiger partial charge in [-0.3, -0.25) is 9.59 Å². The third-order valence-electron chi connectivity index (χ3n) is 3.20. The minimum atomic E-state index is -1.26. The van der Waals surface area contributed by atoms with Gasteiger partial charge in [-0.25, -0.2) is 9.59 Å². The van der Waals surface area contributed by atoms with Gasteiger partial charge in [0.2, 0.25) is 0 Å². The van der Waals surface area contributed by atoms with Crippen molar-refractivity contribution >= 4 is 23.5 Å². The van der Waals surface area contributed by atoms with Gasteiger partial charge in [0.05, 0.1) is 0 Å². The Hall–Kier alpha value is -3.54. The maximum atomic E-state index is 12.1. The highest BCUT2D eigenvalue weighted by molar-refractivity contribution is 6.28. The van der Waals surface area contributed by atoms with Crippen LogP contribution in [0.4, 0.5) is 0 Å². The average Bonchev–Trinajstić information content (AvgIpc) is 2.58. The summed E-state index contributed by atoms with van der Waals surface area (Å²) in [5.41, 5.74) is 2.02. The summed E-state index contributed by atoms with van der Waals surface area (Å²) < 4.78 is 0. The Kier molecular flexibility index (Phi) is 5.01. The van der Waals surface area contributed by atoms with E-state index in [9.17, 15) is 19.2 Å². The molecule has 120 valence electrons. The molecule has 1 aliphatic rings. The number of carboxylic acids is 2. The maximum absolute atomic E-state index is 12.1. The fourth-order valence-electron chi connectivity index (χ4n) is 2.19. The lowest BCUT2D eigenvalue weighted by molar-refractivity contribution is -0.134. The van der Waals surface area contributed by atoms with Crippen molar-refractivity contribution in [3.05, 3.63) is 82.9 Å². The van der Waals surface area contributed by atoms with Gasteiger partial charge in [0.1, 0.15) is 0 Å². The standard InChI is InChI=1S/C14H8O2.C4H4O4/c15-13-9-5-1-2-6-10(9)14(16)12-8-4-3-7-11(12)13;5-3(6)1-2-4(7)8/h1-8H;1-2H,(H,5,6)(H,7,8)/b;2-1+. The Morgan fingerprint density at radius 3 is 1.08 bits per heavy atom. The van der Waals surface area contributed by atoms with Crippen LogP contribution in [0.25, 0.3) is 0 Å². The molecular formula is C18H12O6. The molecule has 24 heavy (non-hydrogen) atoms. The summed E-state index contributed by atoms with van der Waals surface area (Å²) in [6.45, 7) is 0. The predicted molar refractivity (Wildman–Crippen MR) is 84.2 cm³/mol. The van der Waals surface area contributed by atoms with Gasteiger partial charge in [-0.2, -0.15) is 0 Å². The lowest BCUT2D eigenvalue weighted by Crippen LogP contribution is -2.20. The van der Waals surface area contributed by atoms with E-state index in [1.54, 1.807) is 48.5 Å². The minimum Gasteiger partial charge on any atom is -0.478 e. The second-order valence-electron chi connectivity index (χ2n) is 4.76. The van der Waals surface area contributed by atoms with Gasteiger partial charge in [0.15, 0.2) is 11.6 Å². The first-order chi connectivity index (χ1) is 11.4. The van der Waals surface area contributed by atoms with E-state index < -0.39 is 11.9 Å². The summed E-state index contributed by atoms with van der Waals surface area (Å²) in [6, 6.07) is 13.9. The zero-order chi connectivity index (χ0) is 17.7. The number of fused-ring (bicyclic) bond motifs is 2. The summed E-state index contributed by atoms with van der Waals surface area (Å²) in [4.78, 5) is 43.3. The quantitative estimate of drug-likeness (QED) is 0.699. The fourth-order valence-corrected chi connectivity index (χ4v) is 2.19. The first-order valence-electron chi connectivity index (χ1n) is 6.83. The van der Waals surface area contributed by atoms with Crippen molar-refractivity contribution in [2.24, 2.45) is 0 Å². The number of hydrogen-bond donors (Lipinski definition) is 2. The molecule has 6 nitrogen and oxygen atoms in total. The number of carboxylic acid groups (broad SMARTS) is 2. The molecule has 2 aromatic rings. The third kappa shape index (κ3) is 3.61. The number of carbonyl (C=O) groups excluding carboxylic acids is 2. The SMILES string of the molecule is O=C(O)/C=C/C(=O)O.O=C1c2ccccc2C(=O)c2ccccc21. The van der Waals surface area contributed by atoms with Gasteiger partial charge in [-0.1, -0.05) is 48.5 Å². The molecule has 2 aromatic carbocycles. The number of aliphatic carboxylic acids is 2. The molecule has 0 aromatic heterocycles. The van der Waals surface area contributed by atoms with Crippen LogP contribution in [0.2, 0.25) is 0 Å². The molecule has 2 N–H and O–H groups in total. The van der Waals surface area contributed by atoms with Crippen LogP contribution in [0, 0.1) is 0 Å². The van der Waals surface area contributed by atoms with Gasteiger partial charge in [0, 0.05) is 34.4 Å². The first kappa shape index (κ1) is 16.8. The Balaban J connectivity index is 0.000000224. The minimum absolute atomic E-state index is 0.0641. The predicted octanol–water partition coefficient (Wildman–Crippen LogP) is 2.17. The summed E-state index contributed by atoms with van der Waals surface area (Å²) in [5.74, 6) is -2.64. The number of rotatable bonds is 2. The zero-order valence-electron chi connectivity index (χ0n) is 12.3. The van der Waals surface area contributed by atoms with E-state index >= 15 is 0 Å². The number of carbonyl (C=O) groups is 4. The highest BCUT2D eigenvalue weighted by atomic mass is 16.4. The summed E-state index contributed by atoms with van der Waals surface area (Å²) >= 11 is 0. The summed E-state index contributed by atoms with van der Waals surface area (Å²) in [5, 5.41) is 15.6. The molecule has 0 radical (unpaired) electrons. The van der Waals surface area contributed by atoms with E-state index in [4.69, 9.17) is 10.2 Å². The first-order valence-corrected chi connectivity index (χ1v) is 6.83. The van der Waals surface area contributed by atoms with E-state index in [-0.39, 0.29) is 11.6 Å². The van der Waals surface area contributed by atoms with Crippen LogP contribution in [-0.2, 0) is 9.59 Å².